The summed E-state index contributed by atoms with van der Waals surface area (Å²) in [6.45, 7) is 5.93. The van der Waals surface area contributed by atoms with E-state index in [1.54, 1.807) is 29.2 Å². The molecule has 2 aromatic heterocycles. The fraction of sp³-hybridized carbons (Fsp3) is 0.571. The van der Waals surface area contributed by atoms with Crippen molar-refractivity contribution in [1.82, 2.24) is 19.7 Å². The molecule has 1 unspecified atom stereocenters. The van der Waals surface area contributed by atoms with E-state index in [0.717, 1.165) is 56.9 Å². The molecule has 0 spiro atoms. The molecule has 4 rings (SSSR count). The first-order chi connectivity index (χ1) is 13.3. The minimum absolute atomic E-state index is 0.0189. The Bertz CT molecular complexity index is 778. The van der Waals surface area contributed by atoms with E-state index in [0.29, 0.717) is 18.4 Å². The summed E-state index contributed by atoms with van der Waals surface area (Å²) in [7, 11) is 0. The van der Waals surface area contributed by atoms with Gasteiger partial charge in [0.2, 0.25) is 0 Å². The van der Waals surface area contributed by atoms with Crippen molar-refractivity contribution in [3.05, 3.63) is 47.0 Å². The SMILES string of the molecule is O=c1ccc(-c2ccncc2)nn1CC1CCN(CC2CCCOC2)CC1. The molecule has 0 aromatic carbocycles. The van der Waals surface area contributed by atoms with Gasteiger partial charge in [0.15, 0.2) is 0 Å². The molecule has 27 heavy (non-hydrogen) atoms. The lowest BCUT2D eigenvalue weighted by atomic mass is 9.94. The number of aromatic nitrogens is 3. The summed E-state index contributed by atoms with van der Waals surface area (Å²) in [5, 5.41) is 4.60. The van der Waals surface area contributed by atoms with E-state index < -0.39 is 0 Å². The van der Waals surface area contributed by atoms with Gasteiger partial charge in [-0.15, -0.1) is 0 Å². The first-order valence-electron chi connectivity index (χ1n) is 10.1. The van der Waals surface area contributed by atoms with Crippen LogP contribution < -0.4 is 5.56 Å². The van der Waals surface area contributed by atoms with Gasteiger partial charge in [0.25, 0.3) is 5.56 Å². The molecule has 0 radical (unpaired) electrons. The lowest BCUT2D eigenvalue weighted by Gasteiger charge is -2.35. The number of hydrogen-bond donors (Lipinski definition) is 0. The Morgan fingerprint density at radius 1 is 1.00 bits per heavy atom. The third-order valence-corrected chi connectivity index (χ3v) is 5.75. The van der Waals surface area contributed by atoms with Crippen molar-refractivity contribution < 1.29 is 4.74 Å². The highest BCUT2D eigenvalue weighted by atomic mass is 16.5. The molecular formula is C21H28N4O2. The summed E-state index contributed by atoms with van der Waals surface area (Å²) < 4.78 is 7.25. The predicted molar refractivity (Wildman–Crippen MR) is 104 cm³/mol. The molecule has 2 aliphatic rings. The van der Waals surface area contributed by atoms with Crippen molar-refractivity contribution in [2.75, 3.05) is 32.8 Å². The highest BCUT2D eigenvalue weighted by Gasteiger charge is 2.23. The van der Waals surface area contributed by atoms with E-state index in [-0.39, 0.29) is 5.56 Å². The van der Waals surface area contributed by atoms with E-state index in [9.17, 15) is 4.79 Å². The number of hydrogen-bond acceptors (Lipinski definition) is 5. The van der Waals surface area contributed by atoms with Crippen LogP contribution >= 0.6 is 0 Å². The van der Waals surface area contributed by atoms with Crippen molar-refractivity contribution in [2.24, 2.45) is 11.8 Å². The molecule has 2 fully saturated rings. The number of ether oxygens (including phenoxy) is 1. The maximum absolute atomic E-state index is 12.3. The summed E-state index contributed by atoms with van der Waals surface area (Å²) in [6.07, 6.45) is 8.24. The summed E-state index contributed by atoms with van der Waals surface area (Å²) in [5.74, 6) is 1.21. The summed E-state index contributed by atoms with van der Waals surface area (Å²) >= 11 is 0. The van der Waals surface area contributed by atoms with Crippen LogP contribution in [0.5, 0.6) is 0 Å². The Balaban J connectivity index is 1.34. The monoisotopic (exact) mass is 368 g/mol. The lowest BCUT2D eigenvalue weighted by molar-refractivity contribution is 0.0319. The summed E-state index contributed by atoms with van der Waals surface area (Å²) in [6, 6.07) is 7.26. The molecule has 0 saturated carbocycles. The minimum Gasteiger partial charge on any atom is -0.381 e. The van der Waals surface area contributed by atoms with Gasteiger partial charge in [-0.2, -0.15) is 5.10 Å². The van der Waals surface area contributed by atoms with Crippen LogP contribution in [0.3, 0.4) is 0 Å². The van der Waals surface area contributed by atoms with Crippen LogP contribution in [0.2, 0.25) is 0 Å². The second kappa shape index (κ2) is 8.76. The standard InChI is InChI=1S/C21H28N4O2/c26-21-4-3-20(19-5-9-22-10-6-19)23-25(21)15-17-7-11-24(12-8-17)14-18-2-1-13-27-16-18/h3-6,9-10,17-18H,1-2,7-8,11-16H2. The van der Waals surface area contributed by atoms with E-state index in [2.05, 4.69) is 15.0 Å². The average molecular weight is 368 g/mol. The first kappa shape index (κ1) is 18.3. The Kier molecular flexibility index (Phi) is 5.94. The first-order valence-corrected chi connectivity index (χ1v) is 10.1. The topological polar surface area (TPSA) is 60.2 Å². The molecule has 6 nitrogen and oxygen atoms in total. The summed E-state index contributed by atoms with van der Waals surface area (Å²) in [4.78, 5) is 18.9. The van der Waals surface area contributed by atoms with E-state index in [1.165, 1.54) is 12.8 Å². The molecule has 0 bridgehead atoms. The molecular weight excluding hydrogens is 340 g/mol. The molecule has 2 aliphatic heterocycles. The molecule has 2 saturated heterocycles. The summed E-state index contributed by atoms with van der Waals surface area (Å²) in [5.41, 5.74) is 1.80. The van der Waals surface area contributed by atoms with Gasteiger partial charge in [0, 0.05) is 43.7 Å². The van der Waals surface area contributed by atoms with Gasteiger partial charge in [0.1, 0.15) is 0 Å². The largest absolute Gasteiger partial charge is 0.381 e. The van der Waals surface area contributed by atoms with Crippen molar-refractivity contribution in [2.45, 2.75) is 32.2 Å². The Morgan fingerprint density at radius 2 is 1.81 bits per heavy atom. The fourth-order valence-corrected chi connectivity index (χ4v) is 4.17. The molecule has 0 aliphatic carbocycles. The van der Waals surface area contributed by atoms with Crippen LogP contribution in [0.1, 0.15) is 25.7 Å². The smallest absolute Gasteiger partial charge is 0.266 e. The molecule has 0 N–H and O–H groups in total. The molecule has 1 atom stereocenters. The zero-order chi connectivity index (χ0) is 18.5. The Labute approximate surface area is 160 Å². The molecule has 144 valence electrons. The van der Waals surface area contributed by atoms with Crippen LogP contribution in [-0.2, 0) is 11.3 Å². The number of piperidine rings is 1. The normalized spacial score (nSPS) is 22.0. The predicted octanol–water partition coefficient (Wildman–Crippen LogP) is 2.44. The average Bonchev–Trinajstić information content (AvgIpc) is 2.72. The van der Waals surface area contributed by atoms with Crippen LogP contribution in [0.4, 0.5) is 0 Å². The zero-order valence-electron chi connectivity index (χ0n) is 15.8. The Hall–Kier alpha value is -2.05. The highest BCUT2D eigenvalue weighted by Crippen LogP contribution is 2.22. The van der Waals surface area contributed by atoms with Crippen molar-refractivity contribution in [3.8, 4) is 11.3 Å². The lowest BCUT2D eigenvalue weighted by Crippen LogP contribution is -2.40. The number of rotatable bonds is 5. The number of likely N-dealkylation sites (tertiary alicyclic amines) is 1. The van der Waals surface area contributed by atoms with E-state index in [1.807, 2.05) is 12.1 Å². The fourth-order valence-electron chi connectivity index (χ4n) is 4.17. The van der Waals surface area contributed by atoms with E-state index >= 15 is 0 Å². The van der Waals surface area contributed by atoms with Crippen molar-refractivity contribution >= 4 is 0 Å². The second-order valence-electron chi connectivity index (χ2n) is 7.80. The third-order valence-electron chi connectivity index (χ3n) is 5.75. The van der Waals surface area contributed by atoms with Crippen molar-refractivity contribution in [1.29, 1.82) is 0 Å². The number of nitrogens with zero attached hydrogens (tertiary/aromatic N) is 4. The maximum atomic E-state index is 12.3. The van der Waals surface area contributed by atoms with Gasteiger partial charge < -0.3 is 9.64 Å². The van der Waals surface area contributed by atoms with Crippen LogP contribution in [0.25, 0.3) is 11.3 Å². The molecule has 0 amide bonds. The highest BCUT2D eigenvalue weighted by molar-refractivity contribution is 5.56. The quantitative estimate of drug-likeness (QED) is 0.811. The number of pyridine rings is 1. The van der Waals surface area contributed by atoms with Gasteiger partial charge in [-0.05, 0) is 68.8 Å². The van der Waals surface area contributed by atoms with Crippen LogP contribution in [0.15, 0.2) is 41.5 Å². The molecule has 2 aromatic rings. The zero-order valence-corrected chi connectivity index (χ0v) is 15.8. The third kappa shape index (κ3) is 4.82. The van der Waals surface area contributed by atoms with Gasteiger partial charge in [-0.1, -0.05) is 0 Å². The molecule has 4 heterocycles. The van der Waals surface area contributed by atoms with Gasteiger partial charge in [-0.25, -0.2) is 4.68 Å². The Morgan fingerprint density at radius 3 is 2.56 bits per heavy atom. The van der Waals surface area contributed by atoms with Crippen LogP contribution in [-0.4, -0.2) is 52.5 Å². The van der Waals surface area contributed by atoms with Gasteiger partial charge in [0.05, 0.1) is 12.3 Å². The van der Waals surface area contributed by atoms with E-state index in [4.69, 9.17) is 4.74 Å². The van der Waals surface area contributed by atoms with Crippen molar-refractivity contribution in [3.63, 3.8) is 0 Å². The molecule has 6 heteroatoms. The van der Waals surface area contributed by atoms with Crippen LogP contribution in [0, 0.1) is 11.8 Å². The van der Waals surface area contributed by atoms with Gasteiger partial charge >= 0.3 is 0 Å². The second-order valence-corrected chi connectivity index (χ2v) is 7.80. The maximum Gasteiger partial charge on any atom is 0.266 e. The minimum atomic E-state index is -0.0189. The van der Waals surface area contributed by atoms with Gasteiger partial charge in [-0.3, -0.25) is 9.78 Å².